The van der Waals surface area contributed by atoms with Crippen LogP contribution in [0.5, 0.6) is 0 Å². The number of imide groups is 4. The van der Waals surface area contributed by atoms with Crippen molar-refractivity contribution in [3.8, 4) is 0 Å². The summed E-state index contributed by atoms with van der Waals surface area (Å²) in [6.07, 6.45) is 6.83. The van der Waals surface area contributed by atoms with Crippen molar-refractivity contribution in [1.29, 1.82) is 0 Å². The predicted octanol–water partition coefficient (Wildman–Crippen LogP) is 2.92. The minimum atomic E-state index is -0.974. The lowest BCUT2D eigenvalue weighted by atomic mass is 9.83. The second kappa shape index (κ2) is 18.4. The molecule has 4 aliphatic rings. The van der Waals surface area contributed by atoms with E-state index in [0.29, 0.717) is 25.9 Å². The minimum Gasteiger partial charge on any atom is -0.396 e. The lowest BCUT2D eigenvalue weighted by molar-refractivity contribution is -0.137. The van der Waals surface area contributed by atoms with Crippen LogP contribution in [0.1, 0.15) is 58.1 Å². The third-order valence-electron chi connectivity index (χ3n) is 11.7. The quantitative estimate of drug-likeness (QED) is 0.143. The number of allylic oxidation sites excluding steroid dienone is 6. The van der Waals surface area contributed by atoms with Crippen LogP contribution >= 0.6 is 0 Å². The summed E-state index contributed by atoms with van der Waals surface area (Å²) >= 11 is 0. The molecule has 8 amide bonds. The van der Waals surface area contributed by atoms with Crippen molar-refractivity contribution >= 4 is 47.1 Å². The summed E-state index contributed by atoms with van der Waals surface area (Å²) in [4.78, 5) is 89.8. The number of para-hydroxylation sites is 2. The molecule has 0 radical (unpaired) electrons. The minimum absolute atomic E-state index is 0.0456. The molecule has 4 aliphatic heterocycles. The lowest BCUT2D eigenvalue weighted by Gasteiger charge is -2.35. The van der Waals surface area contributed by atoms with Gasteiger partial charge in [-0.25, -0.2) is 9.59 Å². The van der Waals surface area contributed by atoms with Crippen molar-refractivity contribution in [2.24, 2.45) is 0 Å². The molecule has 324 valence electrons. The van der Waals surface area contributed by atoms with Gasteiger partial charge < -0.3 is 30.2 Å². The summed E-state index contributed by atoms with van der Waals surface area (Å²) in [6, 6.07) is 13.6. The van der Waals surface area contributed by atoms with E-state index >= 15 is 0 Å². The molecule has 0 aromatic heterocycles. The molecule has 16 heteroatoms. The molecular formula is C45H54N6O10. The van der Waals surface area contributed by atoms with Gasteiger partial charge in [0, 0.05) is 73.0 Å². The first-order chi connectivity index (χ1) is 29.2. The second-order valence-corrected chi connectivity index (χ2v) is 16.2. The maximum Gasteiger partial charge on any atom is 0.334 e. The molecule has 0 spiro atoms. The van der Waals surface area contributed by atoms with E-state index in [0.717, 1.165) is 53.5 Å². The standard InChI is InChI=1S/C45H54N6O10/c1-44(2)32-12-5-7-14-34(32)46(22-10-26-52)36(44)18-16-30-38(56)48(42(60)50(24-28-54)40(30)58)20-9-21-49-39(57)31(41(59)51(25-29-55)43(49)61)17-19-37-45(3,4)33-13-6-8-15-35(33)47(37)23-11-27-53/h5-8,12-19,52-55H,9-11,20-29H2,1-4H3/b30-16-,31-17-,36-18+,37-19+. The Hall–Kier alpha value is -5.94. The summed E-state index contributed by atoms with van der Waals surface area (Å²) in [5, 5.41) is 38.8. The van der Waals surface area contributed by atoms with Crippen LogP contribution in [0.4, 0.5) is 21.0 Å². The SMILES string of the molecule is CC1(C)/C(=C\C=C2/C(=O)N(CCO)C(=O)N(CCCN3C(=O)/C(=C/C=C4/N(CCCO)c5ccccc5C4(C)C)C(=O)N(CCO)C3=O)C2=O)N(CCCO)c2ccccc21. The highest BCUT2D eigenvalue weighted by Crippen LogP contribution is 2.49. The molecule has 0 atom stereocenters. The number of barbiturate groups is 2. The Morgan fingerprint density at radius 2 is 0.754 bits per heavy atom. The van der Waals surface area contributed by atoms with Gasteiger partial charge in [-0.3, -0.25) is 38.8 Å². The van der Waals surface area contributed by atoms with Gasteiger partial charge in [-0.1, -0.05) is 64.1 Å². The highest BCUT2D eigenvalue weighted by Gasteiger charge is 2.45. The molecule has 6 rings (SSSR count). The number of hydrogen-bond acceptors (Lipinski definition) is 12. The molecule has 0 unspecified atom stereocenters. The highest BCUT2D eigenvalue weighted by atomic mass is 16.3. The fraction of sp³-hybridized carbons (Fsp3) is 0.422. The van der Waals surface area contributed by atoms with Gasteiger partial charge in [0.05, 0.1) is 26.3 Å². The Kier molecular flexibility index (Phi) is 13.4. The van der Waals surface area contributed by atoms with Crippen LogP contribution in [0.15, 0.2) is 95.4 Å². The van der Waals surface area contributed by atoms with Gasteiger partial charge in [0.1, 0.15) is 11.1 Å². The maximum atomic E-state index is 14.0. The van der Waals surface area contributed by atoms with Crippen LogP contribution in [-0.2, 0) is 30.0 Å². The topological polar surface area (TPSA) is 203 Å². The molecule has 16 nitrogen and oxygen atoms in total. The fourth-order valence-electron chi connectivity index (χ4n) is 8.61. The van der Waals surface area contributed by atoms with E-state index in [1.807, 2.05) is 86.0 Å². The van der Waals surface area contributed by atoms with Crippen LogP contribution in [0.25, 0.3) is 0 Å². The van der Waals surface area contributed by atoms with E-state index in [9.17, 15) is 49.2 Å². The zero-order chi connectivity index (χ0) is 44.2. The maximum absolute atomic E-state index is 14.0. The van der Waals surface area contributed by atoms with Crippen LogP contribution in [0, 0.1) is 0 Å². The number of β-amino-alcohol motifs (C(OH)–C–C–N with tert-alkyl or cyclic N) is 2. The highest BCUT2D eigenvalue weighted by molar-refractivity contribution is 6.29. The molecule has 2 saturated heterocycles. The van der Waals surface area contributed by atoms with Crippen molar-refractivity contribution in [2.45, 2.75) is 57.8 Å². The number of aliphatic hydroxyl groups is 4. The van der Waals surface area contributed by atoms with Crippen molar-refractivity contribution in [2.75, 3.05) is 75.5 Å². The van der Waals surface area contributed by atoms with Crippen LogP contribution < -0.4 is 9.80 Å². The fourth-order valence-corrected chi connectivity index (χ4v) is 8.61. The molecule has 0 aliphatic carbocycles. The number of carbonyl (C=O) groups excluding carboxylic acids is 6. The first-order valence-corrected chi connectivity index (χ1v) is 20.5. The van der Waals surface area contributed by atoms with Gasteiger partial charge in [-0.2, -0.15) is 0 Å². The lowest BCUT2D eigenvalue weighted by Crippen LogP contribution is -2.58. The number of urea groups is 2. The van der Waals surface area contributed by atoms with Crippen molar-refractivity contribution in [3.63, 3.8) is 0 Å². The summed E-state index contributed by atoms with van der Waals surface area (Å²) in [5.41, 5.74) is 3.63. The third kappa shape index (κ3) is 8.15. The van der Waals surface area contributed by atoms with E-state index in [-0.39, 0.29) is 57.0 Å². The Labute approximate surface area is 354 Å². The van der Waals surface area contributed by atoms with Gasteiger partial charge in [-0.15, -0.1) is 0 Å². The third-order valence-corrected chi connectivity index (χ3v) is 11.7. The summed E-state index contributed by atoms with van der Waals surface area (Å²) < 4.78 is 0. The Morgan fingerprint density at radius 3 is 1.10 bits per heavy atom. The molecule has 0 saturated carbocycles. The number of rotatable bonds is 16. The van der Waals surface area contributed by atoms with E-state index in [1.165, 1.54) is 12.2 Å². The van der Waals surface area contributed by atoms with Gasteiger partial charge in [0.2, 0.25) is 0 Å². The second-order valence-electron chi connectivity index (χ2n) is 16.2. The number of carbonyl (C=O) groups is 6. The predicted molar refractivity (Wildman–Crippen MR) is 226 cm³/mol. The Balaban J connectivity index is 1.27. The number of fused-ring (bicyclic) bond motifs is 2. The molecule has 4 heterocycles. The molecule has 61 heavy (non-hydrogen) atoms. The number of nitrogens with zero attached hydrogens (tertiary/aromatic N) is 6. The van der Waals surface area contributed by atoms with Crippen LogP contribution in [0.3, 0.4) is 0 Å². The first-order valence-electron chi connectivity index (χ1n) is 20.5. The molecule has 2 aromatic rings. The number of benzene rings is 2. The average Bonchev–Trinajstić information content (AvgIpc) is 3.59. The van der Waals surface area contributed by atoms with E-state index in [2.05, 4.69) is 0 Å². The van der Waals surface area contributed by atoms with Gasteiger partial charge in [-0.05, 0) is 66.8 Å². The average molecular weight is 839 g/mol. The zero-order valence-corrected chi connectivity index (χ0v) is 35.0. The van der Waals surface area contributed by atoms with E-state index < -0.39 is 59.7 Å². The molecule has 2 aromatic carbocycles. The van der Waals surface area contributed by atoms with E-state index in [4.69, 9.17) is 0 Å². The number of aliphatic hydroxyl groups excluding tert-OH is 4. The monoisotopic (exact) mass is 838 g/mol. The smallest absolute Gasteiger partial charge is 0.334 e. The van der Waals surface area contributed by atoms with Crippen molar-refractivity contribution in [3.05, 3.63) is 107 Å². The molecule has 4 N–H and O–H groups in total. The first kappa shape index (κ1) is 44.6. The molecule has 2 fully saturated rings. The number of hydrogen-bond donors (Lipinski definition) is 4. The van der Waals surface area contributed by atoms with Gasteiger partial charge >= 0.3 is 12.1 Å². The summed E-state index contributed by atoms with van der Waals surface area (Å²) in [7, 11) is 0. The van der Waals surface area contributed by atoms with Crippen molar-refractivity contribution < 1.29 is 49.2 Å². The van der Waals surface area contributed by atoms with Crippen LogP contribution in [0.2, 0.25) is 0 Å². The summed E-state index contributed by atoms with van der Waals surface area (Å²) in [5.74, 6) is -3.58. The van der Waals surface area contributed by atoms with Gasteiger partial charge in [0.15, 0.2) is 0 Å². The largest absolute Gasteiger partial charge is 0.396 e. The van der Waals surface area contributed by atoms with E-state index in [1.54, 1.807) is 12.2 Å². The zero-order valence-electron chi connectivity index (χ0n) is 35.0. The number of anilines is 2. The Bertz CT molecular complexity index is 2070. The molecular weight excluding hydrogens is 785 g/mol. The Morgan fingerprint density at radius 1 is 0.426 bits per heavy atom. The van der Waals surface area contributed by atoms with Crippen LogP contribution in [-0.4, -0.2) is 141 Å². The normalized spacial score (nSPS) is 21.4. The summed E-state index contributed by atoms with van der Waals surface area (Å²) in [6.45, 7) is 6.29. The van der Waals surface area contributed by atoms with Crippen molar-refractivity contribution in [1.82, 2.24) is 19.6 Å². The van der Waals surface area contributed by atoms with Gasteiger partial charge in [0.25, 0.3) is 23.6 Å². The molecule has 0 bridgehead atoms. The number of amides is 8.